The first-order valence-corrected chi connectivity index (χ1v) is 10.8. The zero-order valence-corrected chi connectivity index (χ0v) is 16.9. The third-order valence-corrected chi connectivity index (χ3v) is 6.55. The molecule has 2 aliphatic rings. The first-order valence-electron chi connectivity index (χ1n) is 10.8. The van der Waals surface area contributed by atoms with Crippen LogP contribution in [0.1, 0.15) is 30.7 Å². The van der Waals surface area contributed by atoms with Crippen LogP contribution in [-0.4, -0.2) is 57.1 Å². The fourth-order valence-electron chi connectivity index (χ4n) is 4.70. The summed E-state index contributed by atoms with van der Waals surface area (Å²) in [6.07, 6.45) is 9.35. The Balaban J connectivity index is 1.22. The molecule has 0 saturated carbocycles. The van der Waals surface area contributed by atoms with E-state index in [-0.39, 0.29) is 0 Å². The fourth-order valence-corrected chi connectivity index (χ4v) is 4.70. The van der Waals surface area contributed by atoms with Crippen molar-refractivity contribution < 1.29 is 0 Å². The molecule has 2 saturated heterocycles. The van der Waals surface area contributed by atoms with Gasteiger partial charge in [-0.2, -0.15) is 9.97 Å². The predicted molar refractivity (Wildman–Crippen MR) is 119 cm³/mol. The first kappa shape index (κ1) is 17.7. The van der Waals surface area contributed by atoms with E-state index in [1.807, 2.05) is 18.5 Å². The van der Waals surface area contributed by atoms with E-state index in [2.05, 4.69) is 53.8 Å². The lowest BCUT2D eigenvalue weighted by atomic mass is 9.89. The monoisotopic (exact) mass is 402 g/mol. The lowest BCUT2D eigenvalue weighted by Crippen LogP contribution is -2.47. The Bertz CT molecular complexity index is 1170. The average Bonchev–Trinajstić information content (AvgIpc) is 3.39. The largest absolute Gasteiger partial charge is 0.356 e. The number of anilines is 2. The molecule has 4 aromatic heterocycles. The van der Waals surface area contributed by atoms with Crippen molar-refractivity contribution >= 4 is 33.8 Å². The van der Waals surface area contributed by atoms with Gasteiger partial charge in [-0.05, 0) is 55.5 Å². The van der Waals surface area contributed by atoms with E-state index in [0.717, 1.165) is 61.5 Å². The second kappa shape index (κ2) is 7.28. The number of H-pyrrole nitrogens is 2. The van der Waals surface area contributed by atoms with Crippen LogP contribution in [0.2, 0.25) is 0 Å². The molecular weight excluding hydrogens is 376 g/mol. The molecule has 2 fully saturated rings. The summed E-state index contributed by atoms with van der Waals surface area (Å²) in [4.78, 5) is 23.0. The highest BCUT2D eigenvalue weighted by molar-refractivity contribution is 5.88. The molecule has 0 aliphatic carbocycles. The van der Waals surface area contributed by atoms with Gasteiger partial charge in [0.2, 0.25) is 5.95 Å². The minimum absolute atomic E-state index is 0.526. The summed E-state index contributed by atoms with van der Waals surface area (Å²) in [5.41, 5.74) is 3.27. The quantitative estimate of drug-likeness (QED) is 0.410. The topological polar surface area (TPSA) is 97.6 Å². The number of piperidine rings is 1. The van der Waals surface area contributed by atoms with Crippen molar-refractivity contribution in [2.45, 2.75) is 31.2 Å². The van der Waals surface area contributed by atoms with E-state index < -0.39 is 0 Å². The Labute approximate surface area is 174 Å². The van der Waals surface area contributed by atoms with Gasteiger partial charge in [0.15, 0.2) is 0 Å². The van der Waals surface area contributed by atoms with Crippen molar-refractivity contribution in [3.63, 3.8) is 0 Å². The van der Waals surface area contributed by atoms with Gasteiger partial charge < -0.3 is 25.5 Å². The molecule has 0 radical (unpaired) electrons. The van der Waals surface area contributed by atoms with Crippen LogP contribution in [0.5, 0.6) is 0 Å². The normalized spacial score (nSPS) is 20.0. The third-order valence-electron chi connectivity index (χ3n) is 6.55. The number of rotatable bonds is 5. The van der Waals surface area contributed by atoms with Crippen LogP contribution in [0, 0.1) is 0 Å². The maximum atomic E-state index is 4.90. The minimum Gasteiger partial charge on any atom is -0.356 e. The molecule has 2 aliphatic heterocycles. The molecule has 0 amide bonds. The summed E-state index contributed by atoms with van der Waals surface area (Å²) < 4.78 is 0. The van der Waals surface area contributed by atoms with E-state index >= 15 is 0 Å². The number of nitrogens with one attached hydrogen (secondary N) is 4. The molecule has 0 aromatic carbocycles. The molecule has 1 atom stereocenters. The number of nitrogens with zero attached hydrogens (tertiary/aromatic N) is 4. The summed E-state index contributed by atoms with van der Waals surface area (Å²) in [6.45, 7) is 3.94. The smallest absolute Gasteiger partial charge is 0.226 e. The van der Waals surface area contributed by atoms with E-state index in [9.17, 15) is 0 Å². The molecule has 8 nitrogen and oxygen atoms in total. The number of hydrogen-bond donors (Lipinski definition) is 4. The number of fused-ring (bicyclic) bond motifs is 2. The van der Waals surface area contributed by atoms with Gasteiger partial charge in [-0.25, -0.2) is 4.98 Å². The molecule has 0 bridgehead atoms. The van der Waals surface area contributed by atoms with E-state index in [0.29, 0.717) is 17.9 Å². The van der Waals surface area contributed by atoms with Crippen LogP contribution in [0.3, 0.4) is 0 Å². The minimum atomic E-state index is 0.526. The van der Waals surface area contributed by atoms with Crippen LogP contribution in [0.4, 0.5) is 11.8 Å². The Hall–Kier alpha value is -3.13. The fraction of sp³-hybridized carbons (Fsp3) is 0.409. The zero-order chi connectivity index (χ0) is 19.9. The number of aromatic nitrogens is 5. The highest BCUT2D eigenvalue weighted by Crippen LogP contribution is 2.35. The van der Waals surface area contributed by atoms with Crippen LogP contribution in [-0.2, 0) is 0 Å². The van der Waals surface area contributed by atoms with Crippen LogP contribution < -0.4 is 15.5 Å². The standard InChI is InChI=1S/C22H26N8/c1-2-16-18(13-26-19(16)24-7-1)14-5-10-30(11-6-14)21-17-4-9-25-20(17)28-22(29-21)27-12-15-3-8-23-15/h1-2,4,7,9,13-15,23H,3,5-6,8,10-12H2,(H,24,26)(H2,25,27,28,29)/t15-/m1/s1. The van der Waals surface area contributed by atoms with Gasteiger partial charge in [-0.3, -0.25) is 0 Å². The van der Waals surface area contributed by atoms with Crippen molar-refractivity contribution in [1.82, 2.24) is 30.2 Å². The number of hydrogen-bond acceptors (Lipinski definition) is 6. The second-order valence-corrected chi connectivity index (χ2v) is 8.34. The van der Waals surface area contributed by atoms with Crippen LogP contribution in [0.25, 0.3) is 22.1 Å². The first-order chi connectivity index (χ1) is 14.8. The summed E-state index contributed by atoms with van der Waals surface area (Å²) in [5.74, 6) is 2.29. The molecular formula is C22H26N8. The zero-order valence-electron chi connectivity index (χ0n) is 16.9. The SMILES string of the molecule is c1cnc2[nH]cc(C3CCN(c4nc(NC[C@H]5CCN5)nc5[nH]ccc45)CC3)c2c1. The van der Waals surface area contributed by atoms with Gasteiger partial charge in [0, 0.05) is 49.7 Å². The highest BCUT2D eigenvalue weighted by atomic mass is 15.2. The maximum Gasteiger partial charge on any atom is 0.226 e. The Morgan fingerprint density at radius 3 is 2.77 bits per heavy atom. The van der Waals surface area contributed by atoms with Gasteiger partial charge >= 0.3 is 0 Å². The summed E-state index contributed by atoms with van der Waals surface area (Å²) in [7, 11) is 0. The van der Waals surface area contributed by atoms with E-state index in [4.69, 9.17) is 4.98 Å². The Morgan fingerprint density at radius 1 is 1.03 bits per heavy atom. The molecule has 30 heavy (non-hydrogen) atoms. The maximum absolute atomic E-state index is 4.90. The Kier molecular flexibility index (Phi) is 4.30. The molecule has 4 aromatic rings. The van der Waals surface area contributed by atoms with Crippen molar-refractivity contribution in [1.29, 1.82) is 0 Å². The van der Waals surface area contributed by atoms with Crippen molar-refractivity contribution in [2.75, 3.05) is 36.4 Å². The van der Waals surface area contributed by atoms with Gasteiger partial charge in [0.05, 0.1) is 5.39 Å². The summed E-state index contributed by atoms with van der Waals surface area (Å²) >= 11 is 0. The van der Waals surface area contributed by atoms with Gasteiger partial charge in [0.25, 0.3) is 0 Å². The Morgan fingerprint density at radius 2 is 1.93 bits per heavy atom. The molecule has 0 unspecified atom stereocenters. The average molecular weight is 403 g/mol. The van der Waals surface area contributed by atoms with Crippen molar-refractivity contribution in [2.24, 2.45) is 0 Å². The second-order valence-electron chi connectivity index (χ2n) is 8.34. The molecule has 154 valence electrons. The van der Waals surface area contributed by atoms with Crippen LogP contribution >= 0.6 is 0 Å². The van der Waals surface area contributed by atoms with Gasteiger partial charge in [-0.1, -0.05) is 0 Å². The summed E-state index contributed by atoms with van der Waals surface area (Å²) in [6, 6.07) is 6.80. The third kappa shape index (κ3) is 3.08. The lowest BCUT2D eigenvalue weighted by Gasteiger charge is -2.33. The summed E-state index contributed by atoms with van der Waals surface area (Å²) in [5, 5.41) is 9.18. The van der Waals surface area contributed by atoms with Crippen LogP contribution in [0.15, 0.2) is 36.8 Å². The highest BCUT2D eigenvalue weighted by Gasteiger charge is 2.25. The van der Waals surface area contributed by atoms with Gasteiger partial charge in [-0.15, -0.1) is 0 Å². The lowest BCUT2D eigenvalue weighted by molar-refractivity contribution is 0.386. The molecule has 0 spiro atoms. The van der Waals surface area contributed by atoms with Gasteiger partial charge in [0.1, 0.15) is 17.1 Å². The van der Waals surface area contributed by atoms with Crippen molar-refractivity contribution in [3.8, 4) is 0 Å². The predicted octanol–water partition coefficient (Wildman–Crippen LogP) is 2.99. The van der Waals surface area contributed by atoms with E-state index in [1.165, 1.54) is 17.4 Å². The number of pyridine rings is 1. The molecule has 4 N–H and O–H groups in total. The number of aromatic amines is 2. The molecule has 6 heterocycles. The molecule has 6 rings (SSSR count). The molecule has 8 heteroatoms. The van der Waals surface area contributed by atoms with E-state index in [1.54, 1.807) is 0 Å². The van der Waals surface area contributed by atoms with Crippen molar-refractivity contribution in [3.05, 3.63) is 42.4 Å².